The molecule has 0 saturated carbocycles. The third kappa shape index (κ3) is 5.56. The first kappa shape index (κ1) is 24.4. The third-order valence-corrected chi connectivity index (χ3v) is 5.36. The Balaban J connectivity index is 2.04. The SMILES string of the molecule is CCCCN1C(=O)C(=O)/C(=C(/O)c2ccc(OC(C)C)cc2)C1c1ccc(OC(C)C)cc1. The maximum absolute atomic E-state index is 13.0. The van der Waals surface area contributed by atoms with Crippen LogP contribution in [0.5, 0.6) is 11.5 Å². The fraction of sp³-hybridized carbons (Fsp3) is 0.407. The molecule has 0 aliphatic carbocycles. The Bertz CT molecular complexity index is 1010. The van der Waals surface area contributed by atoms with Crippen LogP contribution in [0.2, 0.25) is 0 Å². The molecular weight excluding hydrogens is 418 g/mol. The quantitative estimate of drug-likeness (QED) is 0.310. The molecule has 1 aliphatic rings. The summed E-state index contributed by atoms with van der Waals surface area (Å²) >= 11 is 0. The lowest BCUT2D eigenvalue weighted by Crippen LogP contribution is -2.30. The summed E-state index contributed by atoms with van der Waals surface area (Å²) in [5.74, 6) is -0.0610. The molecule has 2 aromatic rings. The van der Waals surface area contributed by atoms with Gasteiger partial charge < -0.3 is 19.5 Å². The minimum absolute atomic E-state index is 0.0241. The van der Waals surface area contributed by atoms with Crippen molar-refractivity contribution in [1.82, 2.24) is 4.90 Å². The average molecular weight is 452 g/mol. The maximum Gasteiger partial charge on any atom is 0.295 e. The van der Waals surface area contributed by atoms with E-state index in [1.807, 2.05) is 58.9 Å². The molecule has 6 heteroatoms. The number of ether oxygens (including phenoxy) is 2. The summed E-state index contributed by atoms with van der Waals surface area (Å²) in [4.78, 5) is 27.5. The maximum atomic E-state index is 13.0. The van der Waals surface area contributed by atoms with E-state index in [1.165, 1.54) is 0 Å². The summed E-state index contributed by atoms with van der Waals surface area (Å²) in [6, 6.07) is 13.6. The standard InChI is InChI=1S/C27H33NO5/c1-6-7-16-28-24(19-8-12-21(13-9-19)32-17(2)3)23(26(30)27(28)31)25(29)20-10-14-22(15-11-20)33-18(4)5/h8-15,17-18,24,29H,6-7,16H2,1-5H3/b25-23+. The van der Waals surface area contributed by atoms with Gasteiger partial charge in [-0.05, 0) is 76.1 Å². The number of aliphatic hydroxyl groups excluding tert-OH is 1. The first-order valence-corrected chi connectivity index (χ1v) is 11.5. The van der Waals surface area contributed by atoms with Crippen LogP contribution in [0.4, 0.5) is 0 Å². The number of rotatable bonds is 9. The van der Waals surface area contributed by atoms with Gasteiger partial charge in [0.1, 0.15) is 17.3 Å². The van der Waals surface area contributed by atoms with Crippen LogP contribution < -0.4 is 9.47 Å². The first-order valence-electron chi connectivity index (χ1n) is 11.5. The number of likely N-dealkylation sites (tertiary alicyclic amines) is 1. The molecule has 6 nitrogen and oxygen atoms in total. The zero-order valence-corrected chi connectivity index (χ0v) is 20.0. The third-order valence-electron chi connectivity index (χ3n) is 5.36. The van der Waals surface area contributed by atoms with E-state index in [1.54, 1.807) is 29.2 Å². The highest BCUT2D eigenvalue weighted by molar-refractivity contribution is 6.46. The Labute approximate surface area is 195 Å². The molecule has 0 radical (unpaired) electrons. The number of aliphatic hydroxyl groups is 1. The van der Waals surface area contributed by atoms with Crippen molar-refractivity contribution in [2.75, 3.05) is 6.54 Å². The summed E-state index contributed by atoms with van der Waals surface area (Å²) in [6.45, 7) is 10.2. The van der Waals surface area contributed by atoms with Crippen LogP contribution in [0.3, 0.4) is 0 Å². The number of benzene rings is 2. The highest BCUT2D eigenvalue weighted by Crippen LogP contribution is 2.40. The van der Waals surface area contributed by atoms with Crippen LogP contribution in [0.1, 0.15) is 64.6 Å². The monoisotopic (exact) mass is 451 g/mol. The molecule has 1 saturated heterocycles. The number of Topliss-reactive ketones (excluding diaryl/α,β-unsaturated/α-hetero) is 1. The fourth-order valence-electron chi connectivity index (χ4n) is 3.91. The fourth-order valence-corrected chi connectivity index (χ4v) is 3.91. The van der Waals surface area contributed by atoms with E-state index in [9.17, 15) is 14.7 Å². The number of carbonyl (C=O) groups excluding carboxylic acids is 2. The van der Waals surface area contributed by atoms with Crippen molar-refractivity contribution in [2.45, 2.75) is 65.7 Å². The van der Waals surface area contributed by atoms with Gasteiger partial charge in [0.25, 0.3) is 11.7 Å². The van der Waals surface area contributed by atoms with E-state index in [-0.39, 0.29) is 23.5 Å². The van der Waals surface area contributed by atoms with Crippen molar-refractivity contribution in [3.8, 4) is 11.5 Å². The number of amides is 1. The lowest BCUT2D eigenvalue weighted by atomic mass is 9.95. The molecular formula is C27H33NO5. The number of hydrogen-bond acceptors (Lipinski definition) is 5. The minimum Gasteiger partial charge on any atom is -0.507 e. The van der Waals surface area contributed by atoms with Crippen molar-refractivity contribution in [3.05, 3.63) is 65.2 Å². The summed E-state index contributed by atoms with van der Waals surface area (Å²) < 4.78 is 11.4. The minimum atomic E-state index is -0.668. The Hall–Kier alpha value is -3.28. The molecule has 1 atom stereocenters. The molecule has 33 heavy (non-hydrogen) atoms. The van der Waals surface area contributed by atoms with Crippen LogP contribution in [-0.4, -0.2) is 40.4 Å². The van der Waals surface area contributed by atoms with Gasteiger partial charge in [-0.2, -0.15) is 0 Å². The van der Waals surface area contributed by atoms with Gasteiger partial charge in [0.2, 0.25) is 0 Å². The van der Waals surface area contributed by atoms with Gasteiger partial charge in [0, 0.05) is 12.1 Å². The number of carbonyl (C=O) groups is 2. The molecule has 1 aliphatic heterocycles. The number of hydrogen-bond donors (Lipinski definition) is 1. The molecule has 0 aromatic heterocycles. The zero-order chi connectivity index (χ0) is 24.1. The van der Waals surface area contributed by atoms with Crippen molar-refractivity contribution in [2.24, 2.45) is 0 Å². The Kier molecular flexibility index (Phi) is 7.79. The van der Waals surface area contributed by atoms with E-state index in [0.717, 1.165) is 18.4 Å². The Morgan fingerprint density at radius 3 is 1.91 bits per heavy atom. The van der Waals surface area contributed by atoms with Crippen LogP contribution >= 0.6 is 0 Å². The van der Waals surface area contributed by atoms with Gasteiger partial charge >= 0.3 is 0 Å². The lowest BCUT2D eigenvalue weighted by Gasteiger charge is -2.25. The van der Waals surface area contributed by atoms with Crippen LogP contribution in [-0.2, 0) is 9.59 Å². The molecule has 1 amide bonds. The van der Waals surface area contributed by atoms with Gasteiger partial charge in [0.05, 0.1) is 23.8 Å². The van der Waals surface area contributed by atoms with Crippen LogP contribution in [0, 0.1) is 0 Å². The summed E-state index contributed by atoms with van der Waals surface area (Å²) in [6.07, 6.45) is 1.71. The highest BCUT2D eigenvalue weighted by Gasteiger charge is 2.45. The molecule has 1 heterocycles. The summed E-state index contributed by atoms with van der Waals surface area (Å²) in [5, 5.41) is 11.1. The van der Waals surface area contributed by atoms with Gasteiger partial charge in [-0.25, -0.2) is 0 Å². The molecule has 1 fully saturated rings. The molecule has 2 aromatic carbocycles. The Morgan fingerprint density at radius 2 is 1.42 bits per heavy atom. The molecule has 3 rings (SSSR count). The highest BCUT2D eigenvalue weighted by atomic mass is 16.5. The molecule has 0 bridgehead atoms. The predicted molar refractivity (Wildman–Crippen MR) is 128 cm³/mol. The van der Waals surface area contributed by atoms with E-state index in [0.29, 0.717) is 23.6 Å². The summed E-state index contributed by atoms with van der Waals surface area (Å²) in [7, 11) is 0. The smallest absolute Gasteiger partial charge is 0.295 e. The zero-order valence-electron chi connectivity index (χ0n) is 20.0. The van der Waals surface area contributed by atoms with Gasteiger partial charge in [-0.3, -0.25) is 9.59 Å². The molecule has 1 N–H and O–H groups in total. The van der Waals surface area contributed by atoms with Crippen molar-refractivity contribution in [1.29, 1.82) is 0 Å². The van der Waals surface area contributed by atoms with E-state index in [4.69, 9.17) is 9.47 Å². The normalized spacial score (nSPS) is 17.8. The van der Waals surface area contributed by atoms with Crippen molar-refractivity contribution in [3.63, 3.8) is 0 Å². The van der Waals surface area contributed by atoms with E-state index >= 15 is 0 Å². The van der Waals surface area contributed by atoms with Gasteiger partial charge in [-0.1, -0.05) is 25.5 Å². The van der Waals surface area contributed by atoms with Crippen molar-refractivity contribution < 1.29 is 24.2 Å². The number of unbranched alkanes of at least 4 members (excludes halogenated alkanes) is 1. The predicted octanol–water partition coefficient (Wildman–Crippen LogP) is 5.48. The molecule has 176 valence electrons. The molecule has 1 unspecified atom stereocenters. The van der Waals surface area contributed by atoms with Gasteiger partial charge in [0.15, 0.2) is 0 Å². The number of ketones is 1. The van der Waals surface area contributed by atoms with Crippen LogP contribution in [0.15, 0.2) is 54.1 Å². The number of nitrogens with zero attached hydrogens (tertiary/aromatic N) is 1. The van der Waals surface area contributed by atoms with Crippen LogP contribution in [0.25, 0.3) is 5.76 Å². The Morgan fingerprint density at radius 1 is 0.909 bits per heavy atom. The average Bonchev–Trinajstić information content (AvgIpc) is 3.02. The van der Waals surface area contributed by atoms with E-state index in [2.05, 4.69) is 0 Å². The van der Waals surface area contributed by atoms with Crippen molar-refractivity contribution >= 4 is 17.4 Å². The topological polar surface area (TPSA) is 76.1 Å². The second-order valence-corrected chi connectivity index (χ2v) is 8.77. The second-order valence-electron chi connectivity index (χ2n) is 8.77. The largest absolute Gasteiger partial charge is 0.507 e. The van der Waals surface area contributed by atoms with Gasteiger partial charge in [-0.15, -0.1) is 0 Å². The lowest BCUT2D eigenvalue weighted by molar-refractivity contribution is -0.139. The van der Waals surface area contributed by atoms with E-state index < -0.39 is 17.7 Å². The summed E-state index contributed by atoms with van der Waals surface area (Å²) in [5.41, 5.74) is 1.32. The molecule has 0 spiro atoms. The first-order chi connectivity index (χ1) is 15.7. The second kappa shape index (κ2) is 10.6.